The van der Waals surface area contributed by atoms with E-state index in [0.717, 1.165) is 30.3 Å². The Kier molecular flexibility index (Phi) is 5.74. The van der Waals surface area contributed by atoms with Crippen LogP contribution in [0.25, 0.3) is 0 Å². The second-order valence-electron chi connectivity index (χ2n) is 5.67. The van der Waals surface area contributed by atoms with E-state index in [1.54, 1.807) is 21.3 Å². The zero-order valence-electron chi connectivity index (χ0n) is 13.6. The number of hydrogen-bond acceptors (Lipinski definition) is 4. The van der Waals surface area contributed by atoms with Gasteiger partial charge in [0.15, 0.2) is 11.5 Å². The Labute approximate surface area is 128 Å². The molecule has 0 bridgehead atoms. The summed E-state index contributed by atoms with van der Waals surface area (Å²) in [5, 5.41) is 0. The lowest BCUT2D eigenvalue weighted by Crippen LogP contribution is -2.26. The molecule has 1 aromatic rings. The van der Waals surface area contributed by atoms with E-state index in [4.69, 9.17) is 14.2 Å². The lowest BCUT2D eigenvalue weighted by molar-refractivity contribution is 0.248. The van der Waals surface area contributed by atoms with Crippen LogP contribution < -0.4 is 14.2 Å². The van der Waals surface area contributed by atoms with Crippen LogP contribution in [0.4, 0.5) is 0 Å². The number of hydrogen-bond donors (Lipinski definition) is 0. The Balaban J connectivity index is 2.20. The number of nitrogens with zero attached hydrogens (tertiary/aromatic N) is 1. The van der Waals surface area contributed by atoms with Gasteiger partial charge in [0, 0.05) is 18.7 Å². The highest BCUT2D eigenvalue weighted by molar-refractivity contribution is 5.55. The largest absolute Gasteiger partial charge is 0.493 e. The van der Waals surface area contributed by atoms with Gasteiger partial charge in [0.1, 0.15) is 0 Å². The Hall–Kier alpha value is -1.42. The molecule has 4 heteroatoms. The normalized spacial score (nSPS) is 14.3. The zero-order chi connectivity index (χ0) is 15.2. The predicted molar refractivity (Wildman–Crippen MR) is 84.4 cm³/mol. The summed E-state index contributed by atoms with van der Waals surface area (Å²) >= 11 is 0. The third-order valence-electron chi connectivity index (χ3n) is 3.93. The zero-order valence-corrected chi connectivity index (χ0v) is 13.6. The second-order valence-corrected chi connectivity index (χ2v) is 5.67. The summed E-state index contributed by atoms with van der Waals surface area (Å²) in [5.74, 6) is 3.07. The minimum atomic E-state index is 0.681. The minimum absolute atomic E-state index is 0.681. The summed E-state index contributed by atoms with van der Waals surface area (Å²) in [4.78, 5) is 2.52. The molecule has 21 heavy (non-hydrogen) atoms. The smallest absolute Gasteiger partial charge is 0.203 e. The topological polar surface area (TPSA) is 30.9 Å². The van der Waals surface area contributed by atoms with Crippen LogP contribution in [0.5, 0.6) is 17.2 Å². The number of ether oxygens (including phenoxy) is 3. The molecule has 1 fully saturated rings. The molecule has 2 rings (SSSR count). The highest BCUT2D eigenvalue weighted by Crippen LogP contribution is 2.40. The van der Waals surface area contributed by atoms with Gasteiger partial charge < -0.3 is 14.2 Å². The average molecular weight is 293 g/mol. The van der Waals surface area contributed by atoms with Crippen molar-refractivity contribution in [3.8, 4) is 17.2 Å². The molecule has 118 valence electrons. The first kappa shape index (κ1) is 16.0. The highest BCUT2D eigenvalue weighted by atomic mass is 16.5. The quantitative estimate of drug-likeness (QED) is 0.699. The molecule has 1 saturated carbocycles. The van der Waals surface area contributed by atoms with Crippen molar-refractivity contribution in [2.24, 2.45) is 5.92 Å². The molecule has 0 unspecified atom stereocenters. The fourth-order valence-electron chi connectivity index (χ4n) is 2.75. The van der Waals surface area contributed by atoms with Crippen LogP contribution >= 0.6 is 0 Å². The van der Waals surface area contributed by atoms with Gasteiger partial charge in [-0.1, -0.05) is 13.0 Å². The van der Waals surface area contributed by atoms with Crippen LogP contribution in [0.15, 0.2) is 12.1 Å². The maximum atomic E-state index is 5.58. The minimum Gasteiger partial charge on any atom is -0.493 e. The van der Waals surface area contributed by atoms with Crippen LogP contribution in [0.1, 0.15) is 31.7 Å². The molecule has 1 aromatic carbocycles. The van der Waals surface area contributed by atoms with Gasteiger partial charge in [-0.05, 0) is 37.8 Å². The number of rotatable bonds is 9. The van der Waals surface area contributed by atoms with Crippen molar-refractivity contribution in [3.63, 3.8) is 0 Å². The van der Waals surface area contributed by atoms with Gasteiger partial charge in [0.05, 0.1) is 21.3 Å². The molecule has 0 aromatic heterocycles. The Morgan fingerprint density at radius 3 is 2.29 bits per heavy atom. The lowest BCUT2D eigenvalue weighted by Gasteiger charge is -2.24. The van der Waals surface area contributed by atoms with Gasteiger partial charge >= 0.3 is 0 Å². The first-order chi connectivity index (χ1) is 10.2. The van der Waals surface area contributed by atoms with Gasteiger partial charge in [0.25, 0.3) is 0 Å². The van der Waals surface area contributed by atoms with Crippen LogP contribution in [-0.2, 0) is 6.54 Å². The predicted octanol–water partition coefficient (Wildman–Crippen LogP) is 3.33. The Bertz CT molecular complexity index is 458. The summed E-state index contributed by atoms with van der Waals surface area (Å²) in [5.41, 5.74) is 1.16. The first-order valence-electron chi connectivity index (χ1n) is 7.73. The monoisotopic (exact) mass is 293 g/mol. The fraction of sp³-hybridized carbons (Fsp3) is 0.647. The van der Waals surface area contributed by atoms with E-state index in [-0.39, 0.29) is 0 Å². The molecular formula is C17H27NO3. The molecule has 0 radical (unpaired) electrons. The van der Waals surface area contributed by atoms with Crippen LogP contribution in [0.3, 0.4) is 0 Å². The number of benzene rings is 1. The van der Waals surface area contributed by atoms with Gasteiger partial charge in [-0.25, -0.2) is 0 Å². The summed E-state index contributed by atoms with van der Waals surface area (Å²) in [6.45, 7) is 5.43. The molecule has 0 heterocycles. The summed E-state index contributed by atoms with van der Waals surface area (Å²) in [6.07, 6.45) is 3.93. The molecule has 0 atom stereocenters. The van der Waals surface area contributed by atoms with Crippen molar-refractivity contribution in [1.29, 1.82) is 0 Å². The van der Waals surface area contributed by atoms with Gasteiger partial charge in [-0.3, -0.25) is 4.90 Å². The van der Waals surface area contributed by atoms with Gasteiger partial charge in [-0.15, -0.1) is 0 Å². The van der Waals surface area contributed by atoms with Crippen molar-refractivity contribution in [2.45, 2.75) is 32.7 Å². The maximum Gasteiger partial charge on any atom is 0.203 e. The van der Waals surface area contributed by atoms with Crippen molar-refractivity contribution < 1.29 is 14.2 Å². The first-order valence-corrected chi connectivity index (χ1v) is 7.73. The standard InChI is InChI=1S/C17H27NO3/c1-5-10-18(11-13-6-7-13)12-14-8-9-15(19-2)17(21-4)16(14)20-3/h8-9,13H,5-7,10-12H2,1-4H3. The van der Waals surface area contributed by atoms with E-state index in [1.807, 2.05) is 6.07 Å². The van der Waals surface area contributed by atoms with E-state index >= 15 is 0 Å². The second kappa shape index (κ2) is 7.55. The molecule has 0 N–H and O–H groups in total. The Morgan fingerprint density at radius 2 is 1.76 bits per heavy atom. The van der Waals surface area contributed by atoms with E-state index in [9.17, 15) is 0 Å². The van der Waals surface area contributed by atoms with Crippen molar-refractivity contribution in [3.05, 3.63) is 17.7 Å². The van der Waals surface area contributed by atoms with E-state index in [1.165, 1.54) is 25.8 Å². The molecule has 1 aliphatic rings. The Morgan fingerprint density at radius 1 is 1.05 bits per heavy atom. The maximum absolute atomic E-state index is 5.58. The van der Waals surface area contributed by atoms with Crippen LogP contribution in [-0.4, -0.2) is 39.3 Å². The SMILES string of the molecule is CCCN(Cc1ccc(OC)c(OC)c1OC)CC1CC1. The fourth-order valence-corrected chi connectivity index (χ4v) is 2.75. The molecule has 0 spiro atoms. The van der Waals surface area contributed by atoms with E-state index < -0.39 is 0 Å². The molecule has 0 saturated heterocycles. The molecular weight excluding hydrogens is 266 g/mol. The summed E-state index contributed by atoms with van der Waals surface area (Å²) in [6, 6.07) is 4.04. The molecule has 0 amide bonds. The van der Waals surface area contributed by atoms with Crippen LogP contribution in [0.2, 0.25) is 0 Å². The van der Waals surface area contributed by atoms with Crippen molar-refractivity contribution in [1.82, 2.24) is 4.90 Å². The highest BCUT2D eigenvalue weighted by Gasteiger charge is 2.25. The molecule has 1 aliphatic carbocycles. The van der Waals surface area contributed by atoms with E-state index in [2.05, 4.69) is 17.9 Å². The van der Waals surface area contributed by atoms with Crippen molar-refractivity contribution in [2.75, 3.05) is 34.4 Å². The summed E-state index contributed by atoms with van der Waals surface area (Å²) in [7, 11) is 4.98. The number of methoxy groups -OCH3 is 3. The van der Waals surface area contributed by atoms with E-state index in [0.29, 0.717) is 11.5 Å². The average Bonchev–Trinajstić information content (AvgIpc) is 3.30. The third-order valence-corrected chi connectivity index (χ3v) is 3.93. The molecule has 0 aliphatic heterocycles. The lowest BCUT2D eigenvalue weighted by atomic mass is 10.1. The molecule has 4 nitrogen and oxygen atoms in total. The van der Waals surface area contributed by atoms with Gasteiger partial charge in [-0.2, -0.15) is 0 Å². The van der Waals surface area contributed by atoms with Crippen molar-refractivity contribution >= 4 is 0 Å². The third kappa shape index (κ3) is 4.03. The van der Waals surface area contributed by atoms with Gasteiger partial charge in [0.2, 0.25) is 5.75 Å². The summed E-state index contributed by atoms with van der Waals surface area (Å²) < 4.78 is 16.4. The van der Waals surface area contributed by atoms with Crippen LogP contribution in [0, 0.1) is 5.92 Å².